The first-order valence-electron chi connectivity index (χ1n) is 3.89. The summed E-state index contributed by atoms with van der Waals surface area (Å²) in [7, 11) is 0. The molecule has 0 saturated heterocycles. The van der Waals surface area contributed by atoms with Crippen LogP contribution in [0.4, 0.5) is 0 Å². The molecule has 0 fully saturated rings. The summed E-state index contributed by atoms with van der Waals surface area (Å²) >= 11 is 0. The summed E-state index contributed by atoms with van der Waals surface area (Å²) in [6.45, 7) is 5.72. The van der Waals surface area contributed by atoms with Crippen molar-refractivity contribution in [1.82, 2.24) is 0 Å². The molecule has 11 heavy (non-hydrogen) atoms. The van der Waals surface area contributed by atoms with Gasteiger partial charge in [-0.05, 0) is 30.9 Å². The molecular formula is C11H13. The number of hydrogen-bond acceptors (Lipinski definition) is 0. The molecule has 57 valence electrons. The Hall–Kier alpha value is -1.04. The molecule has 0 bridgehead atoms. The Kier molecular flexibility index (Phi) is 2.91. The van der Waals surface area contributed by atoms with Crippen molar-refractivity contribution >= 4 is 0 Å². The highest BCUT2D eigenvalue weighted by molar-refractivity contribution is 5.25. The van der Waals surface area contributed by atoms with E-state index in [0.717, 1.165) is 12.8 Å². The summed E-state index contributed by atoms with van der Waals surface area (Å²) in [5, 5.41) is 0. The van der Waals surface area contributed by atoms with Crippen molar-refractivity contribution in [3.8, 4) is 0 Å². The highest BCUT2D eigenvalue weighted by Gasteiger charge is 1.93. The van der Waals surface area contributed by atoms with Gasteiger partial charge < -0.3 is 0 Å². The standard InChI is InChI=1S/C11H13/c1-3-4-8-11-9-6-5-7-10(11)2/h5-7,9H,1,4,8H2,2H3. The van der Waals surface area contributed by atoms with Crippen molar-refractivity contribution in [3.05, 3.63) is 48.0 Å². The monoisotopic (exact) mass is 145 g/mol. The van der Waals surface area contributed by atoms with Crippen molar-refractivity contribution in [2.45, 2.75) is 19.8 Å². The van der Waals surface area contributed by atoms with Crippen molar-refractivity contribution in [2.75, 3.05) is 0 Å². The predicted molar refractivity (Wildman–Crippen MR) is 48.4 cm³/mol. The normalized spacial score (nSPS) is 9.55. The fourth-order valence-corrected chi connectivity index (χ4v) is 1.11. The molecule has 0 aliphatic rings. The van der Waals surface area contributed by atoms with Gasteiger partial charge in [-0.3, -0.25) is 0 Å². The molecule has 0 aliphatic carbocycles. The minimum Gasteiger partial charge on any atom is -0.0956 e. The van der Waals surface area contributed by atoms with Crippen LogP contribution in [0.3, 0.4) is 0 Å². The molecule has 0 N–H and O–H groups in total. The number of benzene rings is 1. The Bertz CT molecular complexity index is 236. The Labute approximate surface area is 68.6 Å². The highest BCUT2D eigenvalue weighted by Crippen LogP contribution is 2.08. The lowest BCUT2D eigenvalue weighted by molar-refractivity contribution is 0.971. The van der Waals surface area contributed by atoms with Crippen LogP contribution in [-0.2, 0) is 6.42 Å². The van der Waals surface area contributed by atoms with Gasteiger partial charge in [0.1, 0.15) is 0 Å². The van der Waals surface area contributed by atoms with Gasteiger partial charge in [0.25, 0.3) is 0 Å². The predicted octanol–water partition coefficient (Wildman–Crippen LogP) is 2.92. The SMILES string of the molecule is C=[C]CCc1ccccc1C. The maximum Gasteiger partial charge on any atom is -0.0236 e. The van der Waals surface area contributed by atoms with E-state index < -0.39 is 0 Å². The average Bonchev–Trinajstić information content (AvgIpc) is 2.03. The summed E-state index contributed by atoms with van der Waals surface area (Å²) in [6, 6.07) is 8.44. The lowest BCUT2D eigenvalue weighted by atomic mass is 10.0. The Morgan fingerprint density at radius 2 is 2.09 bits per heavy atom. The van der Waals surface area contributed by atoms with Crippen LogP contribution in [0, 0.1) is 13.0 Å². The number of allylic oxidation sites excluding steroid dienone is 1. The molecule has 1 aromatic carbocycles. The Morgan fingerprint density at radius 3 is 2.73 bits per heavy atom. The summed E-state index contributed by atoms with van der Waals surface area (Å²) in [5.74, 6) is 0. The number of aryl methyl sites for hydroxylation is 2. The molecule has 0 heteroatoms. The van der Waals surface area contributed by atoms with Gasteiger partial charge >= 0.3 is 0 Å². The molecule has 0 nitrogen and oxygen atoms in total. The second-order valence-electron chi connectivity index (χ2n) is 2.68. The van der Waals surface area contributed by atoms with Gasteiger partial charge in [0.2, 0.25) is 0 Å². The summed E-state index contributed by atoms with van der Waals surface area (Å²) in [6.07, 6.45) is 4.91. The largest absolute Gasteiger partial charge is 0.0956 e. The van der Waals surface area contributed by atoms with E-state index >= 15 is 0 Å². The zero-order valence-electron chi connectivity index (χ0n) is 6.93. The number of hydrogen-bond donors (Lipinski definition) is 0. The first-order valence-corrected chi connectivity index (χ1v) is 3.89. The third-order valence-corrected chi connectivity index (χ3v) is 1.83. The van der Waals surface area contributed by atoms with Gasteiger partial charge in [-0.25, -0.2) is 0 Å². The van der Waals surface area contributed by atoms with Gasteiger partial charge in [0.15, 0.2) is 0 Å². The topological polar surface area (TPSA) is 0 Å². The second-order valence-corrected chi connectivity index (χ2v) is 2.68. The molecule has 0 saturated carbocycles. The Morgan fingerprint density at radius 1 is 1.36 bits per heavy atom. The van der Waals surface area contributed by atoms with Gasteiger partial charge in [0, 0.05) is 0 Å². The second kappa shape index (κ2) is 3.97. The van der Waals surface area contributed by atoms with Crippen molar-refractivity contribution < 1.29 is 0 Å². The summed E-state index contributed by atoms with van der Waals surface area (Å²) < 4.78 is 0. The maximum atomic E-state index is 3.58. The fraction of sp³-hybridized carbons (Fsp3) is 0.273. The fourth-order valence-electron chi connectivity index (χ4n) is 1.11. The van der Waals surface area contributed by atoms with Crippen molar-refractivity contribution in [1.29, 1.82) is 0 Å². The third-order valence-electron chi connectivity index (χ3n) is 1.83. The number of rotatable bonds is 3. The van der Waals surface area contributed by atoms with E-state index in [0.29, 0.717) is 0 Å². The Balaban J connectivity index is 2.69. The van der Waals surface area contributed by atoms with Gasteiger partial charge in [-0.2, -0.15) is 0 Å². The van der Waals surface area contributed by atoms with E-state index in [1.165, 1.54) is 11.1 Å². The molecule has 0 amide bonds. The van der Waals surface area contributed by atoms with Gasteiger partial charge in [-0.1, -0.05) is 36.9 Å². The van der Waals surface area contributed by atoms with Crippen LogP contribution in [0.1, 0.15) is 17.5 Å². The minimum atomic E-state index is 0.949. The van der Waals surface area contributed by atoms with Crippen LogP contribution in [-0.4, -0.2) is 0 Å². The van der Waals surface area contributed by atoms with Gasteiger partial charge in [0.05, 0.1) is 0 Å². The van der Waals surface area contributed by atoms with E-state index in [-0.39, 0.29) is 0 Å². The van der Waals surface area contributed by atoms with E-state index in [2.05, 4.69) is 43.8 Å². The summed E-state index contributed by atoms with van der Waals surface area (Å²) in [4.78, 5) is 0. The van der Waals surface area contributed by atoms with Crippen LogP contribution in [0.5, 0.6) is 0 Å². The first-order chi connectivity index (χ1) is 5.34. The molecule has 1 rings (SSSR count). The van der Waals surface area contributed by atoms with Crippen LogP contribution in [0.25, 0.3) is 0 Å². The van der Waals surface area contributed by atoms with E-state index in [9.17, 15) is 0 Å². The van der Waals surface area contributed by atoms with Crippen molar-refractivity contribution in [3.63, 3.8) is 0 Å². The smallest absolute Gasteiger partial charge is 0.0236 e. The van der Waals surface area contributed by atoms with E-state index in [1.807, 2.05) is 0 Å². The molecule has 0 unspecified atom stereocenters. The average molecular weight is 145 g/mol. The minimum absolute atomic E-state index is 0.949. The highest BCUT2D eigenvalue weighted by atomic mass is 14.0. The molecule has 1 aromatic rings. The van der Waals surface area contributed by atoms with E-state index in [1.54, 1.807) is 0 Å². The molecular weight excluding hydrogens is 132 g/mol. The zero-order valence-corrected chi connectivity index (χ0v) is 6.93. The first kappa shape index (κ1) is 8.06. The van der Waals surface area contributed by atoms with Crippen molar-refractivity contribution in [2.24, 2.45) is 0 Å². The van der Waals surface area contributed by atoms with Crippen LogP contribution in [0.15, 0.2) is 30.8 Å². The molecule has 0 atom stereocenters. The van der Waals surface area contributed by atoms with Crippen LogP contribution in [0.2, 0.25) is 0 Å². The molecule has 0 spiro atoms. The van der Waals surface area contributed by atoms with E-state index in [4.69, 9.17) is 0 Å². The molecule has 1 radical (unpaired) electrons. The van der Waals surface area contributed by atoms with Gasteiger partial charge in [-0.15, -0.1) is 0 Å². The molecule has 0 heterocycles. The maximum absolute atomic E-state index is 3.58. The molecule has 0 aliphatic heterocycles. The lowest BCUT2D eigenvalue weighted by Gasteiger charge is -2.01. The lowest BCUT2D eigenvalue weighted by Crippen LogP contribution is -1.86. The van der Waals surface area contributed by atoms with Crippen LogP contribution >= 0.6 is 0 Å². The van der Waals surface area contributed by atoms with Crippen LogP contribution < -0.4 is 0 Å². The summed E-state index contributed by atoms with van der Waals surface area (Å²) in [5.41, 5.74) is 2.77. The third kappa shape index (κ3) is 2.23. The molecule has 0 aromatic heterocycles. The quantitative estimate of drug-likeness (QED) is 0.613. The zero-order chi connectivity index (χ0) is 8.10.